The second kappa shape index (κ2) is 12.0. The third-order valence-corrected chi connectivity index (χ3v) is 9.41. The molecule has 0 unspecified atom stereocenters. The molecule has 1 aromatic carbocycles. The third-order valence-electron chi connectivity index (χ3n) is 6.43. The van der Waals surface area contributed by atoms with Gasteiger partial charge in [-0.2, -0.15) is 4.31 Å². The summed E-state index contributed by atoms with van der Waals surface area (Å²) in [7, 11) is -3.75. The summed E-state index contributed by atoms with van der Waals surface area (Å²) in [4.78, 5) is 40.6. The predicted octanol–water partition coefficient (Wildman–Crippen LogP) is 3.49. The van der Waals surface area contributed by atoms with E-state index < -0.39 is 28.0 Å². The molecule has 39 heavy (non-hydrogen) atoms. The summed E-state index contributed by atoms with van der Waals surface area (Å²) in [6, 6.07) is 5.68. The van der Waals surface area contributed by atoms with E-state index in [1.807, 2.05) is 13.8 Å². The standard InChI is InChI=1S/C26H33N3O8S2/c1-5-35-25(31)22-20-11-12-28(26(32)36-6-2)15-21(20)38-24(22)27-23(30)18-7-9-19(10-8-18)39(33,34)29-13-16(3)37-17(4)14-29/h7-10,16-17H,5-6,11-15H2,1-4H3,(H,27,30)/t16-,17-/m0/s1. The Hall–Kier alpha value is -3.00. The van der Waals surface area contributed by atoms with Crippen LogP contribution in [0.5, 0.6) is 0 Å². The highest BCUT2D eigenvalue weighted by Crippen LogP contribution is 2.38. The lowest BCUT2D eigenvalue weighted by Crippen LogP contribution is -2.48. The first-order valence-corrected chi connectivity index (χ1v) is 15.1. The lowest BCUT2D eigenvalue weighted by molar-refractivity contribution is -0.0440. The lowest BCUT2D eigenvalue weighted by Gasteiger charge is -2.34. The van der Waals surface area contributed by atoms with Crippen LogP contribution >= 0.6 is 11.3 Å². The van der Waals surface area contributed by atoms with Crippen LogP contribution in [0, 0.1) is 0 Å². The van der Waals surface area contributed by atoms with Gasteiger partial charge in [-0.25, -0.2) is 18.0 Å². The SMILES string of the molecule is CCOC(=O)c1c(NC(=O)c2ccc(S(=O)(=O)N3C[C@H](C)O[C@@H](C)C3)cc2)sc2c1CCN(C(=O)OCC)C2. The van der Waals surface area contributed by atoms with Crippen molar-refractivity contribution in [3.63, 3.8) is 0 Å². The summed E-state index contributed by atoms with van der Waals surface area (Å²) in [5.41, 5.74) is 1.25. The van der Waals surface area contributed by atoms with Crippen molar-refractivity contribution in [2.24, 2.45) is 0 Å². The van der Waals surface area contributed by atoms with Gasteiger partial charge in [-0.3, -0.25) is 4.79 Å². The summed E-state index contributed by atoms with van der Waals surface area (Å²) in [6.07, 6.45) is -0.456. The zero-order valence-electron chi connectivity index (χ0n) is 22.4. The minimum Gasteiger partial charge on any atom is -0.462 e. The highest BCUT2D eigenvalue weighted by Gasteiger charge is 2.33. The number of amides is 2. The number of fused-ring (bicyclic) bond motifs is 1. The smallest absolute Gasteiger partial charge is 0.410 e. The van der Waals surface area contributed by atoms with Gasteiger partial charge in [-0.15, -0.1) is 11.3 Å². The fourth-order valence-electron chi connectivity index (χ4n) is 4.71. The van der Waals surface area contributed by atoms with Crippen molar-refractivity contribution in [3.05, 3.63) is 45.8 Å². The van der Waals surface area contributed by atoms with E-state index in [2.05, 4.69) is 5.32 Å². The highest BCUT2D eigenvalue weighted by atomic mass is 32.2. The topological polar surface area (TPSA) is 132 Å². The van der Waals surface area contributed by atoms with Crippen molar-refractivity contribution in [1.29, 1.82) is 0 Å². The van der Waals surface area contributed by atoms with Gasteiger partial charge in [-0.1, -0.05) is 0 Å². The first-order valence-electron chi connectivity index (χ1n) is 12.9. The van der Waals surface area contributed by atoms with Crippen LogP contribution in [0.25, 0.3) is 0 Å². The molecule has 2 atom stereocenters. The van der Waals surface area contributed by atoms with Crippen molar-refractivity contribution in [2.45, 2.75) is 57.8 Å². The first-order chi connectivity index (χ1) is 18.5. The van der Waals surface area contributed by atoms with Gasteiger partial charge in [0.15, 0.2) is 0 Å². The molecule has 0 radical (unpaired) electrons. The van der Waals surface area contributed by atoms with E-state index in [1.165, 1.54) is 39.9 Å². The van der Waals surface area contributed by atoms with Crippen molar-refractivity contribution in [3.8, 4) is 0 Å². The summed E-state index contributed by atoms with van der Waals surface area (Å²) in [6.45, 7) is 8.65. The number of sulfonamides is 1. The van der Waals surface area contributed by atoms with E-state index >= 15 is 0 Å². The van der Waals surface area contributed by atoms with E-state index in [0.717, 1.165) is 10.4 Å². The van der Waals surface area contributed by atoms with Crippen LogP contribution in [0.1, 0.15) is 58.9 Å². The average molecular weight is 580 g/mol. The average Bonchev–Trinajstić information content (AvgIpc) is 3.25. The molecule has 13 heteroatoms. The van der Waals surface area contributed by atoms with E-state index in [-0.39, 0.29) is 61.1 Å². The molecule has 1 N–H and O–H groups in total. The second-order valence-corrected chi connectivity index (χ2v) is 12.4. The van der Waals surface area contributed by atoms with Crippen molar-refractivity contribution >= 4 is 44.3 Å². The van der Waals surface area contributed by atoms with Crippen LogP contribution in [0.15, 0.2) is 29.2 Å². The maximum absolute atomic E-state index is 13.1. The Labute approximate surface area is 232 Å². The molecule has 0 aliphatic carbocycles. The molecule has 212 valence electrons. The Kier molecular flexibility index (Phi) is 8.94. The van der Waals surface area contributed by atoms with Crippen LogP contribution in [-0.2, 0) is 37.2 Å². The zero-order chi connectivity index (χ0) is 28.3. The van der Waals surface area contributed by atoms with Crippen molar-refractivity contribution in [1.82, 2.24) is 9.21 Å². The second-order valence-electron chi connectivity index (χ2n) is 9.36. The van der Waals surface area contributed by atoms with Crippen LogP contribution in [0.2, 0.25) is 0 Å². The van der Waals surface area contributed by atoms with E-state index in [1.54, 1.807) is 18.7 Å². The third kappa shape index (κ3) is 6.26. The number of nitrogens with zero attached hydrogens (tertiary/aromatic N) is 2. The van der Waals surface area contributed by atoms with E-state index in [0.29, 0.717) is 18.0 Å². The first kappa shape index (κ1) is 29.0. The minimum atomic E-state index is -3.75. The van der Waals surface area contributed by atoms with E-state index in [9.17, 15) is 22.8 Å². The number of anilines is 1. The molecule has 11 nitrogen and oxygen atoms in total. The van der Waals surface area contributed by atoms with Gasteiger partial charge in [0.1, 0.15) is 5.00 Å². The monoisotopic (exact) mass is 579 g/mol. The number of nitrogens with one attached hydrogen (secondary N) is 1. The summed E-state index contributed by atoms with van der Waals surface area (Å²) in [5.74, 6) is -1.05. The maximum atomic E-state index is 13.1. The summed E-state index contributed by atoms with van der Waals surface area (Å²) < 4.78 is 43.7. The Balaban J connectivity index is 1.55. The van der Waals surface area contributed by atoms with Gasteiger partial charge >= 0.3 is 12.1 Å². The molecule has 2 aliphatic rings. The molecule has 0 saturated carbocycles. The summed E-state index contributed by atoms with van der Waals surface area (Å²) in [5, 5.41) is 3.11. The summed E-state index contributed by atoms with van der Waals surface area (Å²) >= 11 is 1.21. The molecule has 0 bridgehead atoms. The van der Waals surface area contributed by atoms with E-state index in [4.69, 9.17) is 14.2 Å². The molecular weight excluding hydrogens is 546 g/mol. The van der Waals surface area contributed by atoms with Gasteiger partial charge < -0.3 is 24.4 Å². The van der Waals surface area contributed by atoms with Gasteiger partial charge in [0, 0.05) is 30.1 Å². The van der Waals surface area contributed by atoms with Gasteiger partial charge in [0.05, 0.1) is 42.4 Å². The fraction of sp³-hybridized carbons (Fsp3) is 0.500. The van der Waals surface area contributed by atoms with Crippen LogP contribution in [0.4, 0.5) is 9.80 Å². The van der Waals surface area contributed by atoms with Gasteiger partial charge in [0.25, 0.3) is 5.91 Å². The molecule has 1 fully saturated rings. The Bertz CT molecular complexity index is 1330. The molecule has 1 saturated heterocycles. The number of ether oxygens (including phenoxy) is 3. The molecule has 4 rings (SSSR count). The lowest BCUT2D eigenvalue weighted by atomic mass is 10.0. The van der Waals surface area contributed by atoms with Crippen molar-refractivity contribution < 1.29 is 37.0 Å². The minimum absolute atomic E-state index is 0.0817. The van der Waals surface area contributed by atoms with Crippen LogP contribution < -0.4 is 5.32 Å². The normalized spacial score (nSPS) is 19.7. The molecule has 0 spiro atoms. The highest BCUT2D eigenvalue weighted by molar-refractivity contribution is 7.89. The number of carbonyl (C=O) groups is 3. The number of rotatable bonds is 7. The number of morpholine rings is 1. The van der Waals surface area contributed by atoms with Gasteiger partial charge in [0.2, 0.25) is 10.0 Å². The number of hydrogen-bond acceptors (Lipinski definition) is 9. The number of esters is 1. The van der Waals surface area contributed by atoms with Crippen molar-refractivity contribution in [2.75, 3.05) is 38.2 Å². The van der Waals surface area contributed by atoms with Gasteiger partial charge in [-0.05, 0) is 63.9 Å². The number of thiophene rings is 1. The number of benzene rings is 1. The number of hydrogen-bond donors (Lipinski definition) is 1. The maximum Gasteiger partial charge on any atom is 0.410 e. The largest absolute Gasteiger partial charge is 0.462 e. The molecule has 2 aromatic rings. The fourth-order valence-corrected chi connectivity index (χ4v) is 7.55. The molecule has 2 amide bonds. The molecular formula is C26H33N3O8S2. The Morgan fingerprint density at radius 1 is 1.05 bits per heavy atom. The number of carbonyl (C=O) groups excluding carboxylic acids is 3. The quantitative estimate of drug-likeness (QED) is 0.493. The molecule has 1 aromatic heterocycles. The Morgan fingerprint density at radius 2 is 1.69 bits per heavy atom. The van der Waals surface area contributed by atoms with Crippen LogP contribution in [0.3, 0.4) is 0 Å². The molecule has 3 heterocycles. The van der Waals surface area contributed by atoms with Crippen LogP contribution in [-0.4, -0.2) is 80.6 Å². The molecule has 2 aliphatic heterocycles. The predicted molar refractivity (Wildman–Crippen MR) is 145 cm³/mol. The Morgan fingerprint density at radius 3 is 2.31 bits per heavy atom. The zero-order valence-corrected chi connectivity index (χ0v) is 24.0.